The van der Waals surface area contributed by atoms with Gasteiger partial charge in [0, 0.05) is 24.2 Å². The highest BCUT2D eigenvalue weighted by Crippen LogP contribution is 2.22. The van der Waals surface area contributed by atoms with Crippen LogP contribution in [0.5, 0.6) is 0 Å². The Labute approximate surface area is 144 Å². The number of aromatic nitrogens is 2. The zero-order valence-corrected chi connectivity index (χ0v) is 15.0. The first-order chi connectivity index (χ1) is 11.1. The van der Waals surface area contributed by atoms with Gasteiger partial charge in [0.05, 0.1) is 16.8 Å². The summed E-state index contributed by atoms with van der Waals surface area (Å²) in [4.78, 5) is 17.1. The number of benzene rings is 1. The number of nitrogens with zero attached hydrogens (tertiary/aromatic N) is 3. The van der Waals surface area contributed by atoms with Gasteiger partial charge in [0.15, 0.2) is 10.5 Å². The molecule has 0 aliphatic carbocycles. The van der Waals surface area contributed by atoms with E-state index in [0.717, 1.165) is 14.7 Å². The van der Waals surface area contributed by atoms with Crippen molar-refractivity contribution in [1.29, 1.82) is 0 Å². The molecule has 3 rings (SSSR count). The lowest BCUT2D eigenvalue weighted by atomic mass is 10.3. The lowest BCUT2D eigenvalue weighted by Gasteiger charge is -2.03. The Morgan fingerprint density at radius 2 is 2.30 bits per heavy atom. The number of carbonyl (C=O) groups is 1. The van der Waals surface area contributed by atoms with Crippen molar-refractivity contribution in [3.05, 3.63) is 45.0 Å². The molecule has 2 heterocycles. The van der Waals surface area contributed by atoms with Gasteiger partial charge in [-0.25, -0.2) is 0 Å². The molecule has 2 aromatic heterocycles. The normalized spacial score (nSPS) is 12.2. The Bertz CT molecular complexity index is 926. The van der Waals surface area contributed by atoms with Crippen LogP contribution in [-0.2, 0) is 11.3 Å². The second-order valence-corrected chi connectivity index (χ2v) is 6.81. The van der Waals surface area contributed by atoms with E-state index in [4.69, 9.17) is 9.26 Å². The Morgan fingerprint density at radius 3 is 3.00 bits per heavy atom. The quantitative estimate of drug-likeness (QED) is 0.680. The van der Waals surface area contributed by atoms with Gasteiger partial charge in [-0.15, -0.1) is 0 Å². The van der Waals surface area contributed by atoms with Crippen molar-refractivity contribution in [3.8, 4) is 0 Å². The van der Waals surface area contributed by atoms with Gasteiger partial charge in [-0.05, 0) is 25.1 Å². The predicted octanol–water partition coefficient (Wildman–Crippen LogP) is 3.15. The average Bonchev–Trinajstić information content (AvgIpc) is 3.08. The molecule has 23 heavy (non-hydrogen) atoms. The van der Waals surface area contributed by atoms with Crippen LogP contribution in [0.3, 0.4) is 0 Å². The first-order valence-electron chi connectivity index (χ1n) is 6.88. The van der Waals surface area contributed by atoms with Crippen molar-refractivity contribution in [2.24, 2.45) is 4.99 Å². The second kappa shape index (κ2) is 6.77. The highest BCUT2D eigenvalue weighted by atomic mass is 79.9. The second-order valence-electron chi connectivity index (χ2n) is 4.88. The summed E-state index contributed by atoms with van der Waals surface area (Å²) in [6.07, 6.45) is 0. The molecule has 0 aliphatic rings. The van der Waals surface area contributed by atoms with Crippen LogP contribution in [-0.4, -0.2) is 29.3 Å². The van der Waals surface area contributed by atoms with Crippen LogP contribution in [0.2, 0.25) is 0 Å². The molecular weight excluding hydrogens is 382 g/mol. The van der Waals surface area contributed by atoms with Crippen LogP contribution in [0.25, 0.3) is 10.2 Å². The number of amides is 1. The van der Waals surface area contributed by atoms with E-state index in [2.05, 4.69) is 26.1 Å². The SMILES string of the molecule is COCCn1c(=NC(=O)c2cc(C)on2)sc2cc(Br)ccc21. The van der Waals surface area contributed by atoms with Crippen LogP contribution < -0.4 is 4.80 Å². The number of rotatable bonds is 4. The number of hydrogen-bond acceptors (Lipinski definition) is 5. The van der Waals surface area contributed by atoms with Crippen molar-refractivity contribution in [2.75, 3.05) is 13.7 Å². The fourth-order valence-corrected chi connectivity index (χ4v) is 3.75. The van der Waals surface area contributed by atoms with Gasteiger partial charge >= 0.3 is 5.91 Å². The molecule has 1 amide bonds. The fraction of sp³-hybridized carbons (Fsp3) is 0.267. The highest BCUT2D eigenvalue weighted by molar-refractivity contribution is 9.10. The molecule has 0 N–H and O–H groups in total. The first kappa shape index (κ1) is 16.1. The van der Waals surface area contributed by atoms with Gasteiger partial charge in [-0.1, -0.05) is 32.4 Å². The molecule has 6 nitrogen and oxygen atoms in total. The summed E-state index contributed by atoms with van der Waals surface area (Å²) in [6, 6.07) is 7.54. The van der Waals surface area contributed by atoms with E-state index >= 15 is 0 Å². The largest absolute Gasteiger partial charge is 0.383 e. The molecule has 3 aromatic rings. The maximum Gasteiger partial charge on any atom is 0.301 e. The maximum absolute atomic E-state index is 12.3. The molecule has 0 aliphatic heterocycles. The summed E-state index contributed by atoms with van der Waals surface area (Å²) in [6.45, 7) is 2.88. The summed E-state index contributed by atoms with van der Waals surface area (Å²) in [5.74, 6) is 0.162. The molecular formula is C15H14BrN3O3S. The van der Waals surface area contributed by atoms with Gasteiger partial charge in [0.25, 0.3) is 0 Å². The van der Waals surface area contributed by atoms with Crippen molar-refractivity contribution < 1.29 is 14.1 Å². The summed E-state index contributed by atoms with van der Waals surface area (Å²) in [7, 11) is 1.64. The Balaban J connectivity index is 2.11. The number of methoxy groups -OCH3 is 1. The average molecular weight is 396 g/mol. The summed E-state index contributed by atoms with van der Waals surface area (Å²) >= 11 is 4.91. The number of aryl methyl sites for hydroxylation is 1. The first-order valence-corrected chi connectivity index (χ1v) is 8.49. The lowest BCUT2D eigenvalue weighted by Crippen LogP contribution is -2.19. The zero-order valence-electron chi connectivity index (χ0n) is 12.6. The van der Waals surface area contributed by atoms with E-state index in [-0.39, 0.29) is 5.69 Å². The van der Waals surface area contributed by atoms with Crippen LogP contribution in [0, 0.1) is 6.92 Å². The third-order valence-electron chi connectivity index (χ3n) is 3.21. The topological polar surface area (TPSA) is 69.6 Å². The van der Waals surface area contributed by atoms with Crippen molar-refractivity contribution in [1.82, 2.24) is 9.72 Å². The third-order valence-corrected chi connectivity index (χ3v) is 4.74. The van der Waals surface area contributed by atoms with Crippen molar-refractivity contribution >= 4 is 43.4 Å². The lowest BCUT2D eigenvalue weighted by molar-refractivity contribution is 0.0988. The number of hydrogen-bond donors (Lipinski definition) is 0. The molecule has 0 fully saturated rings. The van der Waals surface area contributed by atoms with Crippen molar-refractivity contribution in [3.63, 3.8) is 0 Å². The number of carbonyl (C=O) groups excluding carboxylic acids is 1. The molecule has 0 unspecified atom stereocenters. The van der Waals surface area contributed by atoms with E-state index in [1.165, 1.54) is 11.3 Å². The predicted molar refractivity (Wildman–Crippen MR) is 90.5 cm³/mol. The van der Waals surface area contributed by atoms with Gasteiger partial charge in [0.2, 0.25) is 0 Å². The minimum absolute atomic E-state index is 0.208. The van der Waals surface area contributed by atoms with Crippen LogP contribution >= 0.6 is 27.3 Å². The molecule has 0 saturated carbocycles. The summed E-state index contributed by atoms with van der Waals surface area (Å²) < 4.78 is 14.1. The number of ether oxygens (including phenoxy) is 1. The third kappa shape index (κ3) is 3.44. The molecule has 0 spiro atoms. The Kier molecular flexibility index (Phi) is 4.74. The number of thiazole rings is 1. The van der Waals surface area contributed by atoms with Gasteiger partial charge in [-0.2, -0.15) is 4.99 Å². The minimum Gasteiger partial charge on any atom is -0.383 e. The van der Waals surface area contributed by atoms with E-state index in [1.54, 1.807) is 20.1 Å². The van der Waals surface area contributed by atoms with E-state index < -0.39 is 5.91 Å². The molecule has 0 radical (unpaired) electrons. The minimum atomic E-state index is -0.418. The maximum atomic E-state index is 12.3. The van der Waals surface area contributed by atoms with Crippen LogP contribution in [0.1, 0.15) is 16.2 Å². The zero-order chi connectivity index (χ0) is 16.4. The number of halogens is 1. The Morgan fingerprint density at radius 1 is 1.48 bits per heavy atom. The molecule has 0 bridgehead atoms. The smallest absolute Gasteiger partial charge is 0.301 e. The molecule has 1 aromatic carbocycles. The highest BCUT2D eigenvalue weighted by Gasteiger charge is 2.12. The monoisotopic (exact) mass is 395 g/mol. The standard InChI is InChI=1S/C15H14BrN3O3S/c1-9-7-11(18-22-9)14(20)17-15-19(5-6-21-2)12-4-3-10(16)8-13(12)23-15/h3-4,7-8H,5-6H2,1-2H3. The fourth-order valence-electron chi connectivity index (χ4n) is 2.14. The summed E-state index contributed by atoms with van der Waals surface area (Å²) in [5, 5.41) is 3.72. The van der Waals surface area contributed by atoms with E-state index in [9.17, 15) is 4.79 Å². The van der Waals surface area contributed by atoms with Crippen LogP contribution in [0.4, 0.5) is 0 Å². The molecule has 120 valence electrons. The van der Waals surface area contributed by atoms with Crippen molar-refractivity contribution in [2.45, 2.75) is 13.5 Å². The van der Waals surface area contributed by atoms with E-state index in [1.807, 2.05) is 22.8 Å². The Hall–Kier alpha value is -1.77. The molecule has 8 heteroatoms. The van der Waals surface area contributed by atoms with E-state index in [0.29, 0.717) is 23.7 Å². The number of fused-ring (bicyclic) bond motifs is 1. The van der Waals surface area contributed by atoms with Crippen LogP contribution in [0.15, 0.2) is 38.3 Å². The molecule has 0 saturated heterocycles. The van der Waals surface area contributed by atoms with Gasteiger partial charge in [-0.3, -0.25) is 4.79 Å². The van der Waals surface area contributed by atoms with Gasteiger partial charge < -0.3 is 13.8 Å². The molecule has 0 atom stereocenters. The van der Waals surface area contributed by atoms with Gasteiger partial charge in [0.1, 0.15) is 5.76 Å². The summed E-state index contributed by atoms with van der Waals surface area (Å²) in [5.41, 5.74) is 1.22.